The summed E-state index contributed by atoms with van der Waals surface area (Å²) in [5.74, 6) is 1.82. The highest BCUT2D eigenvalue weighted by Crippen LogP contribution is 2.39. The molecule has 0 spiro atoms. The number of benzene rings is 1. The van der Waals surface area contributed by atoms with Gasteiger partial charge in [0.1, 0.15) is 0 Å². The normalized spacial score (nSPS) is 24.0. The van der Waals surface area contributed by atoms with Crippen LogP contribution in [0.1, 0.15) is 76.0 Å². The van der Waals surface area contributed by atoms with Crippen LogP contribution in [0.25, 0.3) is 0 Å². The Morgan fingerprint density at radius 2 is 1.76 bits per heavy atom. The van der Waals surface area contributed by atoms with E-state index >= 15 is 0 Å². The molecule has 1 aliphatic rings. The van der Waals surface area contributed by atoms with E-state index in [2.05, 4.69) is 50.4 Å². The maximum Gasteiger partial charge on any atom is 0.0351 e. The molecule has 0 bridgehead atoms. The summed E-state index contributed by atoms with van der Waals surface area (Å²) in [6, 6.07) is 9.52. The number of hydrogen-bond acceptors (Lipinski definition) is 1. The molecule has 118 valence electrons. The fraction of sp³-hybridized carbons (Fsp3) is 0.700. The molecule has 0 aromatic heterocycles. The zero-order valence-corrected chi connectivity index (χ0v) is 14.2. The lowest BCUT2D eigenvalue weighted by atomic mass is 9.75. The van der Waals surface area contributed by atoms with Gasteiger partial charge in [0.2, 0.25) is 0 Å². The van der Waals surface area contributed by atoms with Crippen LogP contribution in [0.4, 0.5) is 0 Å². The van der Waals surface area contributed by atoms with E-state index in [1.807, 2.05) is 0 Å². The SMILES string of the molecule is CCCNC(c1ccccc1C)C1CCC(CCC)CC1. The summed E-state index contributed by atoms with van der Waals surface area (Å²) in [5.41, 5.74) is 2.98. The first-order valence-corrected chi connectivity index (χ1v) is 9.05. The average Bonchev–Trinajstić information content (AvgIpc) is 2.51. The van der Waals surface area contributed by atoms with E-state index in [4.69, 9.17) is 0 Å². The number of rotatable bonds is 7. The van der Waals surface area contributed by atoms with E-state index in [0.29, 0.717) is 6.04 Å². The molecule has 1 aromatic carbocycles. The topological polar surface area (TPSA) is 12.0 Å². The second-order valence-corrected chi connectivity index (χ2v) is 6.86. The van der Waals surface area contributed by atoms with Crippen LogP contribution in [0.2, 0.25) is 0 Å². The van der Waals surface area contributed by atoms with Gasteiger partial charge in [-0.3, -0.25) is 0 Å². The van der Waals surface area contributed by atoms with Crippen LogP contribution in [-0.2, 0) is 0 Å². The molecule has 2 rings (SSSR count). The van der Waals surface area contributed by atoms with Crippen LogP contribution < -0.4 is 5.32 Å². The van der Waals surface area contributed by atoms with E-state index < -0.39 is 0 Å². The fourth-order valence-electron chi connectivity index (χ4n) is 3.98. The Morgan fingerprint density at radius 3 is 2.38 bits per heavy atom. The van der Waals surface area contributed by atoms with Crippen LogP contribution in [0.3, 0.4) is 0 Å². The van der Waals surface area contributed by atoms with Gasteiger partial charge in [0, 0.05) is 6.04 Å². The molecule has 1 unspecified atom stereocenters. The summed E-state index contributed by atoms with van der Waals surface area (Å²) in [6.45, 7) is 7.98. The van der Waals surface area contributed by atoms with Crippen molar-refractivity contribution in [2.24, 2.45) is 11.8 Å². The lowest BCUT2D eigenvalue weighted by Crippen LogP contribution is -2.32. The van der Waals surface area contributed by atoms with Crippen molar-refractivity contribution in [3.05, 3.63) is 35.4 Å². The van der Waals surface area contributed by atoms with Crippen molar-refractivity contribution in [1.29, 1.82) is 0 Å². The molecule has 0 heterocycles. The van der Waals surface area contributed by atoms with E-state index in [-0.39, 0.29) is 0 Å². The van der Waals surface area contributed by atoms with E-state index in [1.54, 1.807) is 0 Å². The van der Waals surface area contributed by atoms with Crippen molar-refractivity contribution in [2.75, 3.05) is 6.54 Å². The van der Waals surface area contributed by atoms with Crippen LogP contribution in [-0.4, -0.2) is 6.54 Å². The minimum absolute atomic E-state index is 0.564. The van der Waals surface area contributed by atoms with Crippen molar-refractivity contribution < 1.29 is 0 Å². The van der Waals surface area contributed by atoms with Gasteiger partial charge in [-0.25, -0.2) is 0 Å². The van der Waals surface area contributed by atoms with E-state index in [9.17, 15) is 0 Å². The number of hydrogen-bond donors (Lipinski definition) is 1. The molecular formula is C20H33N. The Labute approximate surface area is 131 Å². The molecule has 1 saturated carbocycles. The third-order valence-electron chi connectivity index (χ3n) is 5.20. The van der Waals surface area contributed by atoms with Crippen LogP contribution in [0, 0.1) is 18.8 Å². The maximum absolute atomic E-state index is 3.84. The van der Waals surface area contributed by atoms with Crippen LogP contribution in [0.5, 0.6) is 0 Å². The standard InChI is InChI=1S/C20H33N/c1-4-8-17-11-13-18(14-12-17)20(21-15-5-2)19-10-7-6-9-16(19)3/h6-7,9-10,17-18,20-21H,4-5,8,11-15H2,1-3H3. The maximum atomic E-state index is 3.84. The van der Waals surface area contributed by atoms with Crippen molar-refractivity contribution in [2.45, 2.75) is 71.8 Å². The van der Waals surface area contributed by atoms with Gasteiger partial charge in [-0.15, -0.1) is 0 Å². The largest absolute Gasteiger partial charge is 0.310 e. The minimum atomic E-state index is 0.564. The van der Waals surface area contributed by atoms with Gasteiger partial charge in [-0.05, 0) is 55.7 Å². The molecule has 0 amide bonds. The summed E-state index contributed by atoms with van der Waals surface area (Å²) >= 11 is 0. The van der Waals surface area contributed by atoms with Gasteiger partial charge < -0.3 is 5.32 Å². The Kier molecular flexibility index (Phi) is 6.76. The van der Waals surface area contributed by atoms with E-state index in [0.717, 1.165) is 18.4 Å². The van der Waals surface area contributed by atoms with Gasteiger partial charge >= 0.3 is 0 Å². The van der Waals surface area contributed by atoms with Gasteiger partial charge in [-0.2, -0.15) is 0 Å². The smallest absolute Gasteiger partial charge is 0.0351 e. The number of nitrogens with one attached hydrogen (secondary N) is 1. The fourth-order valence-corrected chi connectivity index (χ4v) is 3.98. The predicted octanol–water partition coefficient (Wildman–Crippen LogP) is 5.64. The molecule has 1 aromatic rings. The molecule has 0 radical (unpaired) electrons. The monoisotopic (exact) mass is 287 g/mol. The first-order chi connectivity index (χ1) is 10.3. The molecule has 1 nitrogen and oxygen atoms in total. The Hall–Kier alpha value is -0.820. The third kappa shape index (κ3) is 4.57. The Bertz CT molecular complexity index is 404. The summed E-state index contributed by atoms with van der Waals surface area (Å²) in [6.07, 6.45) is 9.69. The second kappa shape index (κ2) is 8.58. The van der Waals surface area contributed by atoms with Crippen molar-refractivity contribution in [1.82, 2.24) is 5.32 Å². The molecular weight excluding hydrogens is 254 g/mol. The molecule has 1 fully saturated rings. The van der Waals surface area contributed by atoms with Gasteiger partial charge in [0.15, 0.2) is 0 Å². The van der Waals surface area contributed by atoms with Crippen molar-refractivity contribution in [3.8, 4) is 0 Å². The Morgan fingerprint density at radius 1 is 1.05 bits per heavy atom. The number of aryl methyl sites for hydroxylation is 1. The molecule has 21 heavy (non-hydrogen) atoms. The highest BCUT2D eigenvalue weighted by molar-refractivity contribution is 5.29. The van der Waals surface area contributed by atoms with E-state index in [1.165, 1.54) is 56.1 Å². The quantitative estimate of drug-likeness (QED) is 0.684. The molecule has 1 heteroatoms. The van der Waals surface area contributed by atoms with Crippen LogP contribution in [0.15, 0.2) is 24.3 Å². The highest BCUT2D eigenvalue weighted by atomic mass is 14.9. The van der Waals surface area contributed by atoms with Crippen molar-refractivity contribution in [3.63, 3.8) is 0 Å². The molecule has 0 saturated heterocycles. The van der Waals surface area contributed by atoms with Gasteiger partial charge in [0.05, 0.1) is 0 Å². The minimum Gasteiger partial charge on any atom is -0.310 e. The lowest BCUT2D eigenvalue weighted by molar-refractivity contribution is 0.214. The summed E-state index contributed by atoms with van der Waals surface area (Å²) < 4.78 is 0. The predicted molar refractivity (Wildman–Crippen MR) is 92.6 cm³/mol. The molecule has 1 atom stereocenters. The zero-order valence-electron chi connectivity index (χ0n) is 14.2. The van der Waals surface area contributed by atoms with Crippen molar-refractivity contribution >= 4 is 0 Å². The van der Waals surface area contributed by atoms with Gasteiger partial charge in [0.25, 0.3) is 0 Å². The average molecular weight is 287 g/mol. The zero-order chi connectivity index (χ0) is 15.1. The summed E-state index contributed by atoms with van der Waals surface area (Å²) in [5, 5.41) is 3.84. The third-order valence-corrected chi connectivity index (χ3v) is 5.20. The lowest BCUT2D eigenvalue weighted by Gasteiger charge is -2.35. The van der Waals surface area contributed by atoms with Gasteiger partial charge in [-0.1, -0.05) is 63.8 Å². The Balaban J connectivity index is 2.05. The first-order valence-electron chi connectivity index (χ1n) is 9.05. The van der Waals surface area contributed by atoms with Crippen LogP contribution >= 0.6 is 0 Å². The first kappa shape index (κ1) is 16.5. The summed E-state index contributed by atoms with van der Waals surface area (Å²) in [7, 11) is 0. The highest BCUT2D eigenvalue weighted by Gasteiger charge is 2.28. The molecule has 0 aliphatic heterocycles. The molecule has 1 N–H and O–H groups in total. The second-order valence-electron chi connectivity index (χ2n) is 6.86. The summed E-state index contributed by atoms with van der Waals surface area (Å²) in [4.78, 5) is 0. The molecule has 1 aliphatic carbocycles.